The molecule has 0 N–H and O–H groups in total. The average Bonchev–Trinajstić information content (AvgIpc) is 2.57. The van der Waals surface area contributed by atoms with E-state index in [2.05, 4.69) is 29.4 Å². The van der Waals surface area contributed by atoms with Crippen LogP contribution in [0.1, 0.15) is 5.56 Å². The summed E-state index contributed by atoms with van der Waals surface area (Å²) in [5.74, 6) is 0. The normalized spacial score (nSPS) is 10.1. The van der Waals surface area contributed by atoms with Gasteiger partial charge in [0.05, 0.1) is 0 Å². The van der Waals surface area contributed by atoms with Gasteiger partial charge in [-0.3, -0.25) is 4.98 Å². The third-order valence-corrected chi connectivity index (χ3v) is 2.73. The van der Waals surface area contributed by atoms with Gasteiger partial charge in [0, 0.05) is 22.8 Å². The van der Waals surface area contributed by atoms with Crippen molar-refractivity contribution in [2.24, 2.45) is 0 Å². The highest BCUT2D eigenvalue weighted by Gasteiger charge is 2.00. The molecular formula is C10H9NS. The minimum atomic E-state index is 1.24. The fourth-order valence-corrected chi connectivity index (χ4v) is 1.96. The Kier molecular flexibility index (Phi) is 1.92. The molecule has 0 aliphatic rings. The summed E-state index contributed by atoms with van der Waals surface area (Å²) in [5, 5.41) is 2.09. The summed E-state index contributed by atoms with van der Waals surface area (Å²) in [6, 6.07) is 6.22. The molecule has 0 saturated carbocycles. The van der Waals surface area contributed by atoms with Gasteiger partial charge in [-0.05, 0) is 30.0 Å². The van der Waals surface area contributed by atoms with Crippen molar-refractivity contribution < 1.29 is 0 Å². The molecule has 0 amide bonds. The number of aromatic nitrogens is 1. The highest BCUT2D eigenvalue weighted by atomic mass is 32.1. The minimum Gasteiger partial charge on any atom is -0.264 e. The van der Waals surface area contributed by atoms with Crippen molar-refractivity contribution in [3.8, 4) is 10.4 Å². The lowest BCUT2D eigenvalue weighted by Crippen LogP contribution is -1.80. The summed E-state index contributed by atoms with van der Waals surface area (Å²) >= 11 is 1.75. The van der Waals surface area contributed by atoms with Crippen molar-refractivity contribution in [2.75, 3.05) is 0 Å². The Bertz CT molecular complexity index is 365. The molecule has 12 heavy (non-hydrogen) atoms. The minimum absolute atomic E-state index is 1.24. The molecule has 0 spiro atoms. The van der Waals surface area contributed by atoms with E-state index in [1.807, 2.05) is 18.5 Å². The predicted molar refractivity (Wildman–Crippen MR) is 52.3 cm³/mol. The van der Waals surface area contributed by atoms with Crippen LogP contribution in [-0.2, 0) is 0 Å². The standard InChI is InChI=1S/C10H9NS/c1-8-4-5-11-7-9(8)10-3-2-6-12-10/h2-7H,1H3. The van der Waals surface area contributed by atoms with E-state index in [9.17, 15) is 0 Å². The van der Waals surface area contributed by atoms with Crippen LogP contribution >= 0.6 is 11.3 Å². The second-order valence-electron chi connectivity index (χ2n) is 2.67. The first-order chi connectivity index (χ1) is 5.88. The van der Waals surface area contributed by atoms with Crippen molar-refractivity contribution >= 4 is 11.3 Å². The second-order valence-corrected chi connectivity index (χ2v) is 3.62. The van der Waals surface area contributed by atoms with Crippen molar-refractivity contribution in [3.05, 3.63) is 41.5 Å². The average molecular weight is 175 g/mol. The van der Waals surface area contributed by atoms with E-state index in [0.717, 1.165) is 0 Å². The van der Waals surface area contributed by atoms with Crippen LogP contribution in [0.4, 0.5) is 0 Å². The molecule has 2 heterocycles. The van der Waals surface area contributed by atoms with Crippen LogP contribution in [-0.4, -0.2) is 4.98 Å². The van der Waals surface area contributed by atoms with Crippen LogP contribution in [0, 0.1) is 6.92 Å². The number of rotatable bonds is 1. The maximum atomic E-state index is 4.11. The van der Waals surface area contributed by atoms with E-state index in [1.165, 1.54) is 16.0 Å². The Morgan fingerprint density at radius 3 is 2.92 bits per heavy atom. The molecule has 0 saturated heterocycles. The van der Waals surface area contributed by atoms with Gasteiger partial charge in [-0.25, -0.2) is 0 Å². The first-order valence-electron chi connectivity index (χ1n) is 3.82. The van der Waals surface area contributed by atoms with Gasteiger partial charge in [0.1, 0.15) is 0 Å². The predicted octanol–water partition coefficient (Wildman–Crippen LogP) is 3.12. The molecule has 0 aliphatic carbocycles. The van der Waals surface area contributed by atoms with E-state index in [4.69, 9.17) is 0 Å². The van der Waals surface area contributed by atoms with Crippen LogP contribution < -0.4 is 0 Å². The zero-order chi connectivity index (χ0) is 8.39. The number of hydrogen-bond donors (Lipinski definition) is 0. The lowest BCUT2D eigenvalue weighted by Gasteiger charge is -1.99. The quantitative estimate of drug-likeness (QED) is 0.649. The molecule has 1 nitrogen and oxygen atoms in total. The fraction of sp³-hybridized carbons (Fsp3) is 0.100. The Hall–Kier alpha value is -1.15. The Labute approximate surface area is 75.7 Å². The number of aryl methyl sites for hydroxylation is 1. The van der Waals surface area contributed by atoms with Gasteiger partial charge in [0.15, 0.2) is 0 Å². The molecule has 0 aromatic carbocycles. The molecule has 2 aromatic rings. The van der Waals surface area contributed by atoms with E-state index < -0.39 is 0 Å². The van der Waals surface area contributed by atoms with Crippen LogP contribution in [0.25, 0.3) is 10.4 Å². The first-order valence-corrected chi connectivity index (χ1v) is 4.70. The van der Waals surface area contributed by atoms with Gasteiger partial charge in [0.2, 0.25) is 0 Å². The fourth-order valence-electron chi connectivity index (χ4n) is 1.15. The number of pyridine rings is 1. The smallest absolute Gasteiger partial charge is 0.0360 e. The molecule has 0 fully saturated rings. The van der Waals surface area contributed by atoms with Crippen molar-refractivity contribution in [3.63, 3.8) is 0 Å². The van der Waals surface area contributed by atoms with E-state index >= 15 is 0 Å². The van der Waals surface area contributed by atoms with Crippen molar-refractivity contribution in [1.29, 1.82) is 0 Å². The third-order valence-electron chi connectivity index (χ3n) is 1.83. The summed E-state index contributed by atoms with van der Waals surface area (Å²) in [4.78, 5) is 5.40. The van der Waals surface area contributed by atoms with Gasteiger partial charge in [0.25, 0.3) is 0 Å². The summed E-state index contributed by atoms with van der Waals surface area (Å²) < 4.78 is 0. The largest absolute Gasteiger partial charge is 0.264 e. The summed E-state index contributed by atoms with van der Waals surface area (Å²) in [6.07, 6.45) is 3.74. The number of thiophene rings is 1. The maximum Gasteiger partial charge on any atom is 0.0360 e. The Morgan fingerprint density at radius 1 is 1.33 bits per heavy atom. The Morgan fingerprint density at radius 2 is 2.25 bits per heavy atom. The van der Waals surface area contributed by atoms with Crippen LogP contribution in [0.15, 0.2) is 36.0 Å². The summed E-state index contributed by atoms with van der Waals surface area (Å²) in [7, 11) is 0. The number of nitrogens with zero attached hydrogens (tertiary/aromatic N) is 1. The topological polar surface area (TPSA) is 12.9 Å². The zero-order valence-electron chi connectivity index (χ0n) is 6.82. The molecule has 0 radical (unpaired) electrons. The molecular weight excluding hydrogens is 166 g/mol. The number of hydrogen-bond acceptors (Lipinski definition) is 2. The molecule has 0 unspecified atom stereocenters. The highest BCUT2D eigenvalue weighted by molar-refractivity contribution is 7.13. The van der Waals surface area contributed by atoms with E-state index in [-0.39, 0.29) is 0 Å². The zero-order valence-corrected chi connectivity index (χ0v) is 7.64. The van der Waals surface area contributed by atoms with Gasteiger partial charge >= 0.3 is 0 Å². The van der Waals surface area contributed by atoms with Crippen molar-refractivity contribution in [1.82, 2.24) is 4.98 Å². The van der Waals surface area contributed by atoms with Crippen LogP contribution in [0.5, 0.6) is 0 Å². The Balaban J connectivity index is 2.55. The molecule has 0 atom stereocenters. The lowest BCUT2D eigenvalue weighted by atomic mass is 10.1. The molecule has 60 valence electrons. The summed E-state index contributed by atoms with van der Waals surface area (Å²) in [6.45, 7) is 2.11. The maximum absolute atomic E-state index is 4.11. The molecule has 0 aliphatic heterocycles. The molecule has 2 aromatic heterocycles. The summed E-state index contributed by atoms with van der Waals surface area (Å²) in [5.41, 5.74) is 2.53. The van der Waals surface area contributed by atoms with Crippen molar-refractivity contribution in [2.45, 2.75) is 6.92 Å². The molecule has 2 rings (SSSR count). The van der Waals surface area contributed by atoms with Gasteiger partial charge < -0.3 is 0 Å². The second kappa shape index (κ2) is 3.07. The van der Waals surface area contributed by atoms with Crippen LogP contribution in [0.2, 0.25) is 0 Å². The highest BCUT2D eigenvalue weighted by Crippen LogP contribution is 2.26. The van der Waals surface area contributed by atoms with E-state index in [1.54, 1.807) is 11.3 Å². The molecule has 0 bridgehead atoms. The first kappa shape index (κ1) is 7.50. The van der Waals surface area contributed by atoms with Gasteiger partial charge in [-0.15, -0.1) is 11.3 Å². The van der Waals surface area contributed by atoms with Crippen LogP contribution in [0.3, 0.4) is 0 Å². The monoisotopic (exact) mass is 175 g/mol. The molecule has 2 heteroatoms. The lowest BCUT2D eigenvalue weighted by molar-refractivity contribution is 1.29. The van der Waals surface area contributed by atoms with E-state index in [0.29, 0.717) is 0 Å². The van der Waals surface area contributed by atoms with Gasteiger partial charge in [-0.1, -0.05) is 6.07 Å². The van der Waals surface area contributed by atoms with Gasteiger partial charge in [-0.2, -0.15) is 0 Å². The third kappa shape index (κ3) is 1.25. The SMILES string of the molecule is Cc1ccncc1-c1cccs1.